The molecule has 2 heterocycles. The second-order valence-electron chi connectivity index (χ2n) is 10.0. The lowest BCUT2D eigenvalue weighted by Crippen LogP contribution is -2.57. The van der Waals surface area contributed by atoms with Crippen molar-refractivity contribution in [3.05, 3.63) is 29.8 Å². The second-order valence-corrected chi connectivity index (χ2v) is 11.9. The van der Waals surface area contributed by atoms with E-state index in [9.17, 15) is 18.3 Å². The SMILES string of the molecule is Cc1ccc(S(=O)(=O)N2C[C@@H](O)COC[C@H]3O[C@@H](CC(=O)NCC4CCCCC4)CC[C@@H]32)cc1. The number of nitrogens with zero attached hydrogens (tertiary/aromatic N) is 1. The molecule has 2 aliphatic heterocycles. The first-order valence-corrected chi connectivity index (χ1v) is 14.0. The van der Waals surface area contributed by atoms with E-state index in [0.29, 0.717) is 18.8 Å². The highest BCUT2D eigenvalue weighted by Crippen LogP contribution is 2.31. The maximum absolute atomic E-state index is 13.5. The summed E-state index contributed by atoms with van der Waals surface area (Å²) in [4.78, 5) is 12.8. The van der Waals surface area contributed by atoms with Gasteiger partial charge >= 0.3 is 0 Å². The third kappa shape index (κ3) is 6.37. The first-order chi connectivity index (χ1) is 16.3. The van der Waals surface area contributed by atoms with E-state index in [1.807, 2.05) is 6.92 Å². The van der Waals surface area contributed by atoms with Gasteiger partial charge in [0.2, 0.25) is 15.9 Å². The van der Waals surface area contributed by atoms with Crippen LogP contribution in [0.4, 0.5) is 0 Å². The number of hydrogen-bond acceptors (Lipinski definition) is 6. The van der Waals surface area contributed by atoms with Gasteiger partial charge in [-0.25, -0.2) is 8.42 Å². The van der Waals surface area contributed by atoms with Gasteiger partial charge in [0, 0.05) is 13.1 Å². The van der Waals surface area contributed by atoms with E-state index in [4.69, 9.17) is 9.47 Å². The van der Waals surface area contributed by atoms with Crippen molar-refractivity contribution in [2.75, 3.05) is 26.3 Å². The average Bonchev–Trinajstić information content (AvgIpc) is 2.81. The predicted octanol–water partition coefficient (Wildman–Crippen LogP) is 2.38. The van der Waals surface area contributed by atoms with Crippen LogP contribution in [0.5, 0.6) is 0 Å². The largest absolute Gasteiger partial charge is 0.389 e. The summed E-state index contributed by atoms with van der Waals surface area (Å²) in [5.74, 6) is 0.556. The van der Waals surface area contributed by atoms with Crippen LogP contribution in [-0.2, 0) is 24.3 Å². The summed E-state index contributed by atoms with van der Waals surface area (Å²) in [5.41, 5.74) is 0.975. The first-order valence-electron chi connectivity index (χ1n) is 12.6. The van der Waals surface area contributed by atoms with Crippen molar-refractivity contribution in [2.45, 2.75) is 87.5 Å². The highest BCUT2D eigenvalue weighted by molar-refractivity contribution is 7.89. The Morgan fingerprint density at radius 3 is 2.56 bits per heavy atom. The molecule has 34 heavy (non-hydrogen) atoms. The summed E-state index contributed by atoms with van der Waals surface area (Å²) < 4.78 is 40.3. The van der Waals surface area contributed by atoms with Gasteiger partial charge in [0.1, 0.15) is 0 Å². The number of carbonyl (C=O) groups excluding carboxylic acids is 1. The van der Waals surface area contributed by atoms with E-state index < -0.39 is 28.3 Å². The van der Waals surface area contributed by atoms with Crippen molar-refractivity contribution >= 4 is 15.9 Å². The molecule has 2 N–H and O–H groups in total. The number of aryl methyl sites for hydroxylation is 1. The predicted molar refractivity (Wildman–Crippen MR) is 128 cm³/mol. The zero-order valence-electron chi connectivity index (χ0n) is 20.0. The summed E-state index contributed by atoms with van der Waals surface area (Å²) >= 11 is 0. The van der Waals surface area contributed by atoms with Gasteiger partial charge in [-0.05, 0) is 50.7 Å². The van der Waals surface area contributed by atoms with Gasteiger partial charge < -0.3 is 19.9 Å². The Bertz CT molecular complexity index is 916. The molecule has 1 amide bonds. The van der Waals surface area contributed by atoms with Crippen LogP contribution in [0.3, 0.4) is 0 Å². The standard InChI is InChI=1S/C25H38N2O6S/c1-18-7-10-22(11-8-18)34(30,31)27-15-20(28)16-32-17-24-23(27)12-9-21(33-24)13-25(29)26-14-19-5-3-2-4-6-19/h7-8,10-11,19-21,23-24,28H,2-6,9,12-17H2,1H3,(H,26,29)/t20-,21-,23+,24-/m1/s1. The van der Waals surface area contributed by atoms with Crippen LogP contribution in [0.1, 0.15) is 56.9 Å². The zero-order chi connectivity index (χ0) is 24.1. The minimum absolute atomic E-state index is 0.0136. The Morgan fingerprint density at radius 1 is 1.09 bits per heavy atom. The van der Waals surface area contributed by atoms with Gasteiger partial charge in [-0.3, -0.25) is 4.79 Å². The molecule has 8 nitrogen and oxygen atoms in total. The van der Waals surface area contributed by atoms with Crippen molar-refractivity contribution in [2.24, 2.45) is 5.92 Å². The van der Waals surface area contributed by atoms with Gasteiger partial charge in [-0.2, -0.15) is 4.31 Å². The van der Waals surface area contributed by atoms with Crippen molar-refractivity contribution in [3.8, 4) is 0 Å². The number of rotatable bonds is 6. The van der Waals surface area contributed by atoms with E-state index in [1.54, 1.807) is 24.3 Å². The lowest BCUT2D eigenvalue weighted by atomic mass is 9.89. The molecular weight excluding hydrogens is 456 g/mol. The number of carbonyl (C=O) groups is 1. The molecule has 0 radical (unpaired) electrons. The maximum Gasteiger partial charge on any atom is 0.243 e. The Hall–Kier alpha value is -1.52. The fraction of sp³-hybridized carbons (Fsp3) is 0.720. The number of aliphatic hydroxyl groups is 1. The number of benzene rings is 1. The molecule has 1 aliphatic carbocycles. The van der Waals surface area contributed by atoms with Gasteiger partial charge in [0.15, 0.2) is 0 Å². The Labute approximate surface area is 203 Å². The fourth-order valence-corrected chi connectivity index (χ4v) is 7.06. The maximum atomic E-state index is 13.5. The summed E-state index contributed by atoms with van der Waals surface area (Å²) in [5, 5.41) is 13.4. The molecule has 0 spiro atoms. The highest BCUT2D eigenvalue weighted by atomic mass is 32.2. The third-order valence-corrected chi connectivity index (χ3v) is 9.19. The quantitative estimate of drug-likeness (QED) is 0.629. The molecule has 3 fully saturated rings. The summed E-state index contributed by atoms with van der Waals surface area (Å²) in [7, 11) is -3.82. The molecule has 190 valence electrons. The number of amides is 1. The number of hydrogen-bond donors (Lipinski definition) is 2. The molecule has 4 rings (SSSR count). The number of fused-ring (bicyclic) bond motifs is 1. The van der Waals surface area contributed by atoms with Crippen molar-refractivity contribution in [1.29, 1.82) is 0 Å². The minimum Gasteiger partial charge on any atom is -0.389 e. The monoisotopic (exact) mass is 494 g/mol. The van der Waals surface area contributed by atoms with Crippen LogP contribution in [0.15, 0.2) is 29.2 Å². The van der Waals surface area contributed by atoms with Crippen LogP contribution >= 0.6 is 0 Å². The molecule has 4 atom stereocenters. The average molecular weight is 495 g/mol. The normalized spacial score (nSPS) is 29.6. The lowest BCUT2D eigenvalue weighted by molar-refractivity contribution is -0.146. The van der Waals surface area contributed by atoms with E-state index in [2.05, 4.69) is 5.32 Å². The summed E-state index contributed by atoms with van der Waals surface area (Å²) in [6.45, 7) is 2.80. The van der Waals surface area contributed by atoms with Crippen LogP contribution < -0.4 is 5.32 Å². The van der Waals surface area contributed by atoms with Crippen LogP contribution in [0.25, 0.3) is 0 Å². The summed E-state index contributed by atoms with van der Waals surface area (Å²) in [6, 6.07) is 6.29. The Morgan fingerprint density at radius 2 is 1.82 bits per heavy atom. The number of aliphatic hydroxyl groups excluding tert-OH is 1. The van der Waals surface area contributed by atoms with Crippen LogP contribution in [-0.4, -0.2) is 74.4 Å². The lowest BCUT2D eigenvalue weighted by Gasteiger charge is -2.43. The zero-order valence-corrected chi connectivity index (χ0v) is 20.8. The van der Waals surface area contributed by atoms with Crippen molar-refractivity contribution < 1.29 is 27.8 Å². The Balaban J connectivity index is 1.40. The second kappa shape index (κ2) is 11.5. The molecule has 0 aromatic heterocycles. The summed E-state index contributed by atoms with van der Waals surface area (Å²) in [6.07, 6.45) is 5.85. The Kier molecular flexibility index (Phi) is 8.63. The number of nitrogens with one attached hydrogen (secondary N) is 1. The van der Waals surface area contributed by atoms with E-state index in [-0.39, 0.29) is 43.1 Å². The molecule has 0 bridgehead atoms. The van der Waals surface area contributed by atoms with E-state index in [0.717, 1.165) is 12.1 Å². The molecule has 1 aromatic rings. The molecule has 0 unspecified atom stereocenters. The van der Waals surface area contributed by atoms with Gasteiger partial charge in [-0.1, -0.05) is 37.0 Å². The number of ether oxygens (including phenoxy) is 2. The van der Waals surface area contributed by atoms with Crippen LogP contribution in [0, 0.1) is 12.8 Å². The highest BCUT2D eigenvalue weighted by Gasteiger charge is 2.43. The van der Waals surface area contributed by atoms with Gasteiger partial charge in [-0.15, -0.1) is 0 Å². The number of sulfonamides is 1. The number of β-amino-alcohol motifs (C(OH)–C–C–N with tert-alkyl or cyclic N) is 1. The van der Waals surface area contributed by atoms with Gasteiger partial charge in [0.25, 0.3) is 0 Å². The van der Waals surface area contributed by atoms with Crippen molar-refractivity contribution in [1.82, 2.24) is 9.62 Å². The topological polar surface area (TPSA) is 105 Å². The first kappa shape index (κ1) is 25.6. The van der Waals surface area contributed by atoms with Crippen molar-refractivity contribution in [3.63, 3.8) is 0 Å². The third-order valence-electron chi connectivity index (χ3n) is 7.29. The molecule has 3 aliphatic rings. The van der Waals surface area contributed by atoms with Crippen LogP contribution in [0.2, 0.25) is 0 Å². The minimum atomic E-state index is -3.82. The molecular formula is C25H38N2O6S. The molecule has 2 saturated heterocycles. The smallest absolute Gasteiger partial charge is 0.243 e. The molecule has 1 aromatic carbocycles. The van der Waals surface area contributed by atoms with E-state index >= 15 is 0 Å². The van der Waals surface area contributed by atoms with E-state index in [1.165, 1.54) is 36.4 Å². The van der Waals surface area contributed by atoms with Gasteiger partial charge in [0.05, 0.1) is 48.9 Å². The molecule has 1 saturated carbocycles. The fourth-order valence-electron chi connectivity index (χ4n) is 5.34. The molecule has 9 heteroatoms.